The van der Waals surface area contributed by atoms with Crippen molar-refractivity contribution < 1.29 is 17.7 Å². The van der Waals surface area contributed by atoms with Crippen LogP contribution in [0.1, 0.15) is 26.2 Å². The van der Waals surface area contributed by atoms with Crippen molar-refractivity contribution in [2.24, 2.45) is 0 Å². The second-order valence-electron chi connectivity index (χ2n) is 3.97. The number of aliphatic hydroxyl groups is 1. The highest BCUT2D eigenvalue weighted by atomic mass is 32.2. The maximum absolute atomic E-state index is 11.7. The molecule has 15 heavy (non-hydrogen) atoms. The fraction of sp³-hybridized carbons (Fsp3) is 1.00. The summed E-state index contributed by atoms with van der Waals surface area (Å²) in [4.78, 5) is 0. The molecule has 6 heteroatoms. The van der Waals surface area contributed by atoms with E-state index in [1.54, 1.807) is 0 Å². The van der Waals surface area contributed by atoms with E-state index in [0.29, 0.717) is 5.75 Å². The quantitative estimate of drug-likeness (QED) is 0.706. The van der Waals surface area contributed by atoms with E-state index in [2.05, 4.69) is 6.92 Å². The first kappa shape index (κ1) is 13.1. The van der Waals surface area contributed by atoms with Crippen LogP contribution < -0.4 is 0 Å². The van der Waals surface area contributed by atoms with Gasteiger partial charge in [0.25, 0.3) is 0 Å². The van der Waals surface area contributed by atoms with Gasteiger partial charge >= 0.3 is 0 Å². The Morgan fingerprint density at radius 2 is 2.00 bits per heavy atom. The molecule has 1 aliphatic heterocycles. The maximum Gasteiger partial charge on any atom is 0.154 e. The lowest BCUT2D eigenvalue weighted by Gasteiger charge is -2.11. The summed E-state index contributed by atoms with van der Waals surface area (Å²) in [5, 5.41) is 8.92. The Morgan fingerprint density at radius 1 is 1.33 bits per heavy atom. The predicted octanol–water partition coefficient (Wildman–Crippen LogP) is 0.0832. The fourth-order valence-corrected chi connectivity index (χ4v) is 5.89. The highest BCUT2D eigenvalue weighted by Crippen LogP contribution is 2.18. The molecule has 0 bridgehead atoms. The average molecular weight is 254 g/mol. The van der Waals surface area contributed by atoms with Crippen molar-refractivity contribution in [3.63, 3.8) is 0 Å². The van der Waals surface area contributed by atoms with Gasteiger partial charge in [-0.2, -0.15) is 0 Å². The van der Waals surface area contributed by atoms with Crippen LogP contribution >= 0.6 is 0 Å². The van der Waals surface area contributed by atoms with Gasteiger partial charge in [-0.05, 0) is 6.42 Å². The standard InChI is InChI=1S/C9H18O4S2/c1-2-3-4-5-14(11)9-7-15(12,13)6-8(9)10/h8-10H,2-7H2,1H3. The molecule has 1 rings (SSSR count). The summed E-state index contributed by atoms with van der Waals surface area (Å²) in [6.45, 7) is 2.05. The zero-order chi connectivity index (χ0) is 11.5. The van der Waals surface area contributed by atoms with E-state index in [0.717, 1.165) is 19.3 Å². The smallest absolute Gasteiger partial charge is 0.154 e. The Kier molecular flexibility index (Phi) is 4.73. The number of rotatable bonds is 5. The largest absolute Gasteiger partial charge is 0.391 e. The highest BCUT2D eigenvalue weighted by Gasteiger charge is 2.39. The van der Waals surface area contributed by atoms with Gasteiger partial charge < -0.3 is 5.11 Å². The first-order valence-electron chi connectivity index (χ1n) is 5.22. The van der Waals surface area contributed by atoms with E-state index in [-0.39, 0.29) is 11.5 Å². The Hall–Kier alpha value is 0.0600. The van der Waals surface area contributed by atoms with Gasteiger partial charge in [-0.15, -0.1) is 0 Å². The SMILES string of the molecule is CCCCCS(=O)C1CS(=O)(=O)CC1O. The predicted molar refractivity (Wildman–Crippen MR) is 61.0 cm³/mol. The molecule has 90 valence electrons. The van der Waals surface area contributed by atoms with Crippen LogP contribution in [0.4, 0.5) is 0 Å². The second kappa shape index (κ2) is 5.41. The molecule has 1 N–H and O–H groups in total. The van der Waals surface area contributed by atoms with Gasteiger partial charge in [0.15, 0.2) is 9.84 Å². The van der Waals surface area contributed by atoms with Crippen LogP contribution in [0, 0.1) is 0 Å². The number of hydrogen-bond donors (Lipinski definition) is 1. The van der Waals surface area contributed by atoms with Crippen molar-refractivity contribution >= 4 is 20.6 Å². The molecule has 4 nitrogen and oxygen atoms in total. The van der Waals surface area contributed by atoms with Crippen LogP contribution in [0.5, 0.6) is 0 Å². The number of sulfone groups is 1. The molecule has 1 heterocycles. The second-order valence-corrected chi connectivity index (χ2v) is 7.90. The molecule has 0 aromatic rings. The maximum atomic E-state index is 11.7. The highest BCUT2D eigenvalue weighted by molar-refractivity contribution is 7.94. The van der Waals surface area contributed by atoms with Crippen molar-refractivity contribution in [1.29, 1.82) is 0 Å². The molecule has 3 unspecified atom stereocenters. The lowest BCUT2D eigenvalue weighted by Crippen LogP contribution is -2.30. The Balaban J connectivity index is 2.47. The molecule has 1 aliphatic rings. The topological polar surface area (TPSA) is 71.4 Å². The molecular weight excluding hydrogens is 236 g/mol. The van der Waals surface area contributed by atoms with Gasteiger partial charge in [-0.3, -0.25) is 4.21 Å². The minimum absolute atomic E-state index is 0.118. The summed E-state index contributed by atoms with van der Waals surface area (Å²) >= 11 is 0. The average Bonchev–Trinajstić information content (AvgIpc) is 2.40. The van der Waals surface area contributed by atoms with Gasteiger partial charge in [0, 0.05) is 16.6 Å². The summed E-state index contributed by atoms with van der Waals surface area (Å²) in [6.07, 6.45) is 1.95. The Morgan fingerprint density at radius 3 is 2.47 bits per heavy atom. The van der Waals surface area contributed by atoms with Crippen molar-refractivity contribution in [3.05, 3.63) is 0 Å². The number of aliphatic hydroxyl groups excluding tert-OH is 1. The zero-order valence-electron chi connectivity index (χ0n) is 8.89. The van der Waals surface area contributed by atoms with E-state index in [4.69, 9.17) is 0 Å². The van der Waals surface area contributed by atoms with E-state index in [9.17, 15) is 17.7 Å². The number of unbranched alkanes of at least 4 members (excludes halogenated alkanes) is 2. The molecule has 1 fully saturated rings. The van der Waals surface area contributed by atoms with Gasteiger partial charge in [0.1, 0.15) is 0 Å². The first-order chi connectivity index (χ1) is 6.96. The fourth-order valence-electron chi connectivity index (χ4n) is 1.69. The first-order valence-corrected chi connectivity index (χ1v) is 8.42. The minimum Gasteiger partial charge on any atom is -0.391 e. The van der Waals surface area contributed by atoms with Gasteiger partial charge in [-0.25, -0.2) is 8.42 Å². The van der Waals surface area contributed by atoms with Crippen LogP contribution in [0.25, 0.3) is 0 Å². The summed E-state index contributed by atoms with van der Waals surface area (Å²) in [5.41, 5.74) is 0. The molecule has 0 radical (unpaired) electrons. The normalized spacial score (nSPS) is 31.6. The summed E-state index contributed by atoms with van der Waals surface area (Å²) in [5.74, 6) is 0.162. The van der Waals surface area contributed by atoms with Crippen LogP contribution in [0.2, 0.25) is 0 Å². The van der Waals surface area contributed by atoms with E-state index in [1.807, 2.05) is 0 Å². The van der Waals surface area contributed by atoms with Crippen molar-refractivity contribution in [2.75, 3.05) is 17.3 Å². The summed E-state index contributed by atoms with van der Waals surface area (Å²) in [7, 11) is -4.37. The Bertz CT molecular complexity index is 323. The lowest BCUT2D eigenvalue weighted by molar-refractivity contribution is 0.206. The third kappa shape index (κ3) is 3.85. The van der Waals surface area contributed by atoms with Gasteiger partial charge in [0.2, 0.25) is 0 Å². The van der Waals surface area contributed by atoms with Gasteiger partial charge in [0.05, 0.1) is 22.9 Å². The van der Waals surface area contributed by atoms with Crippen LogP contribution in [0.15, 0.2) is 0 Å². The van der Waals surface area contributed by atoms with Crippen molar-refractivity contribution in [3.8, 4) is 0 Å². The molecule has 0 aliphatic carbocycles. The third-order valence-electron chi connectivity index (χ3n) is 2.56. The van der Waals surface area contributed by atoms with E-state index < -0.39 is 32.0 Å². The minimum atomic E-state index is -3.16. The molecule has 1 saturated heterocycles. The lowest BCUT2D eigenvalue weighted by atomic mass is 10.3. The molecule has 0 saturated carbocycles. The molecule has 0 aromatic carbocycles. The molecule has 3 atom stereocenters. The van der Waals surface area contributed by atoms with Crippen molar-refractivity contribution in [2.45, 2.75) is 37.5 Å². The van der Waals surface area contributed by atoms with Crippen LogP contribution in [-0.2, 0) is 20.6 Å². The monoisotopic (exact) mass is 254 g/mol. The Labute approximate surface area is 93.4 Å². The molecule has 0 aromatic heterocycles. The van der Waals surface area contributed by atoms with Crippen LogP contribution in [0.3, 0.4) is 0 Å². The van der Waals surface area contributed by atoms with E-state index in [1.165, 1.54) is 0 Å². The summed E-state index contributed by atoms with van der Waals surface area (Å²) in [6, 6.07) is 0. The molecule has 0 spiro atoms. The molecular formula is C9H18O4S2. The zero-order valence-corrected chi connectivity index (χ0v) is 10.5. The van der Waals surface area contributed by atoms with Crippen LogP contribution in [-0.4, -0.2) is 46.3 Å². The van der Waals surface area contributed by atoms with Crippen molar-refractivity contribution in [1.82, 2.24) is 0 Å². The number of hydrogen-bond acceptors (Lipinski definition) is 4. The van der Waals surface area contributed by atoms with Gasteiger partial charge in [-0.1, -0.05) is 19.8 Å². The molecule has 0 amide bonds. The third-order valence-corrected chi connectivity index (χ3v) is 6.33. The summed E-state index contributed by atoms with van der Waals surface area (Å²) < 4.78 is 34.1. The van der Waals surface area contributed by atoms with E-state index >= 15 is 0 Å².